The summed E-state index contributed by atoms with van der Waals surface area (Å²) in [6.45, 7) is 0.216. The molecule has 0 radical (unpaired) electrons. The molecule has 1 heterocycles. The molecule has 1 aliphatic rings. The van der Waals surface area contributed by atoms with E-state index in [2.05, 4.69) is 10.1 Å². The molecule has 0 aromatic heterocycles. The Balaban J connectivity index is 1.75. The van der Waals surface area contributed by atoms with Crippen LogP contribution in [0.2, 0.25) is 0 Å². The number of nitrogens with one attached hydrogen (secondary N) is 1. The smallest absolute Gasteiger partial charge is 0.406 e. The van der Waals surface area contributed by atoms with Crippen LogP contribution < -0.4 is 10.1 Å². The van der Waals surface area contributed by atoms with Crippen LogP contribution in [-0.2, 0) is 14.8 Å². The van der Waals surface area contributed by atoms with E-state index in [1.807, 2.05) is 0 Å². The summed E-state index contributed by atoms with van der Waals surface area (Å²) >= 11 is 0. The van der Waals surface area contributed by atoms with Crippen molar-refractivity contribution in [1.82, 2.24) is 4.31 Å². The highest BCUT2D eigenvalue weighted by molar-refractivity contribution is 7.89. The monoisotopic (exact) mass is 428 g/mol. The maximum absolute atomic E-state index is 13.0. The van der Waals surface area contributed by atoms with E-state index >= 15 is 0 Å². The summed E-state index contributed by atoms with van der Waals surface area (Å²) in [6, 6.07) is 11.6. The number of nitrogens with zero attached hydrogens (tertiary/aromatic N) is 1. The van der Waals surface area contributed by atoms with Gasteiger partial charge in [-0.2, -0.15) is 4.31 Å². The van der Waals surface area contributed by atoms with Crippen LogP contribution in [0.15, 0.2) is 59.5 Å². The minimum absolute atomic E-state index is 0.105. The molecule has 1 N–H and O–H groups in total. The van der Waals surface area contributed by atoms with Crippen molar-refractivity contribution >= 4 is 21.6 Å². The zero-order valence-electron chi connectivity index (χ0n) is 15.2. The summed E-state index contributed by atoms with van der Waals surface area (Å²) in [7, 11) is -3.85. The van der Waals surface area contributed by atoms with E-state index in [4.69, 9.17) is 0 Å². The predicted molar refractivity (Wildman–Crippen MR) is 99.7 cm³/mol. The number of benzene rings is 2. The Kier molecular flexibility index (Phi) is 6.13. The molecule has 0 saturated carbocycles. The topological polar surface area (TPSA) is 75.7 Å². The number of halogens is 3. The van der Waals surface area contributed by atoms with Crippen LogP contribution in [0.3, 0.4) is 0 Å². The van der Waals surface area contributed by atoms with Crippen LogP contribution in [0, 0.1) is 0 Å². The summed E-state index contributed by atoms with van der Waals surface area (Å²) < 4.78 is 67.6. The number of anilines is 1. The van der Waals surface area contributed by atoms with Gasteiger partial charge in [0.25, 0.3) is 0 Å². The Labute approximate surface area is 166 Å². The molecular formula is C19H19F3N2O4S. The Morgan fingerprint density at radius 2 is 1.69 bits per heavy atom. The molecule has 1 fully saturated rings. The second-order valence-electron chi connectivity index (χ2n) is 6.50. The maximum Gasteiger partial charge on any atom is 0.573 e. The standard InChI is InChI=1S/C19H19F3N2O4S/c20-19(21,22)28-15-11-9-14(10-12-15)23-18(25)17-8-4-5-13-24(17)29(26,27)16-6-2-1-3-7-16/h1-3,6-7,9-12,17H,4-5,8,13H2,(H,23,25)/t17-/m1/s1. The molecule has 2 aromatic rings. The van der Waals surface area contributed by atoms with Gasteiger partial charge < -0.3 is 10.1 Å². The number of amides is 1. The van der Waals surface area contributed by atoms with Crippen LogP contribution in [-0.4, -0.2) is 37.6 Å². The van der Waals surface area contributed by atoms with Gasteiger partial charge in [0.2, 0.25) is 15.9 Å². The predicted octanol–water partition coefficient (Wildman–Crippen LogP) is 3.77. The maximum atomic E-state index is 13.0. The van der Waals surface area contributed by atoms with E-state index in [1.54, 1.807) is 18.2 Å². The summed E-state index contributed by atoms with van der Waals surface area (Å²) in [4.78, 5) is 12.8. The highest BCUT2D eigenvalue weighted by Crippen LogP contribution is 2.27. The first-order valence-electron chi connectivity index (χ1n) is 8.90. The molecule has 1 amide bonds. The molecule has 156 valence electrons. The largest absolute Gasteiger partial charge is 0.573 e. The van der Waals surface area contributed by atoms with Crippen molar-refractivity contribution in [2.24, 2.45) is 0 Å². The third-order valence-electron chi connectivity index (χ3n) is 4.46. The SMILES string of the molecule is O=C(Nc1ccc(OC(F)(F)F)cc1)[C@H]1CCCCN1S(=O)(=O)c1ccccc1. The summed E-state index contributed by atoms with van der Waals surface area (Å²) in [5.41, 5.74) is 0.243. The molecule has 0 bridgehead atoms. The van der Waals surface area contributed by atoms with Crippen molar-refractivity contribution in [3.8, 4) is 5.75 Å². The average molecular weight is 428 g/mol. The molecule has 0 aliphatic carbocycles. The molecule has 10 heteroatoms. The van der Waals surface area contributed by atoms with E-state index in [0.717, 1.165) is 12.1 Å². The first-order valence-corrected chi connectivity index (χ1v) is 10.3. The van der Waals surface area contributed by atoms with Crippen molar-refractivity contribution < 1.29 is 31.1 Å². The quantitative estimate of drug-likeness (QED) is 0.787. The van der Waals surface area contributed by atoms with Crippen molar-refractivity contribution in [2.45, 2.75) is 36.6 Å². The number of sulfonamides is 1. The number of ether oxygens (including phenoxy) is 1. The van der Waals surface area contributed by atoms with Gasteiger partial charge in [0.15, 0.2) is 0 Å². The van der Waals surface area contributed by atoms with Crippen LogP contribution >= 0.6 is 0 Å². The summed E-state index contributed by atoms with van der Waals surface area (Å²) in [5.74, 6) is -0.949. The number of hydrogen-bond donors (Lipinski definition) is 1. The number of piperidine rings is 1. The lowest BCUT2D eigenvalue weighted by atomic mass is 10.0. The second kappa shape index (κ2) is 8.42. The minimum Gasteiger partial charge on any atom is -0.406 e. The summed E-state index contributed by atoms with van der Waals surface area (Å²) in [5, 5.41) is 2.57. The Hall–Kier alpha value is -2.59. The Bertz CT molecular complexity index is 948. The molecule has 0 unspecified atom stereocenters. The molecule has 29 heavy (non-hydrogen) atoms. The van der Waals surface area contributed by atoms with Gasteiger partial charge in [0, 0.05) is 12.2 Å². The molecule has 3 rings (SSSR count). The lowest BCUT2D eigenvalue weighted by molar-refractivity contribution is -0.274. The van der Waals surface area contributed by atoms with E-state index in [-0.39, 0.29) is 17.1 Å². The third kappa shape index (κ3) is 5.27. The van der Waals surface area contributed by atoms with Crippen LogP contribution in [0.5, 0.6) is 5.75 Å². The van der Waals surface area contributed by atoms with E-state index in [9.17, 15) is 26.4 Å². The normalized spacial score (nSPS) is 18.2. The van der Waals surface area contributed by atoms with E-state index in [0.29, 0.717) is 19.3 Å². The van der Waals surface area contributed by atoms with Gasteiger partial charge in [0.1, 0.15) is 11.8 Å². The van der Waals surface area contributed by atoms with Crippen LogP contribution in [0.25, 0.3) is 0 Å². The van der Waals surface area contributed by atoms with Gasteiger partial charge in [-0.25, -0.2) is 8.42 Å². The zero-order valence-corrected chi connectivity index (χ0v) is 16.0. The zero-order chi connectivity index (χ0) is 21.1. The van der Waals surface area contributed by atoms with Crippen molar-refractivity contribution in [1.29, 1.82) is 0 Å². The highest BCUT2D eigenvalue weighted by Gasteiger charge is 2.37. The van der Waals surface area contributed by atoms with Gasteiger partial charge in [-0.1, -0.05) is 24.6 Å². The third-order valence-corrected chi connectivity index (χ3v) is 6.38. The number of carbonyl (C=O) groups is 1. The Morgan fingerprint density at radius 1 is 1.03 bits per heavy atom. The molecule has 2 aromatic carbocycles. The van der Waals surface area contributed by atoms with Crippen molar-refractivity contribution in [3.05, 3.63) is 54.6 Å². The van der Waals surface area contributed by atoms with Crippen molar-refractivity contribution in [2.75, 3.05) is 11.9 Å². The van der Waals surface area contributed by atoms with Gasteiger partial charge >= 0.3 is 6.36 Å². The van der Waals surface area contributed by atoms with Crippen molar-refractivity contribution in [3.63, 3.8) is 0 Å². The van der Waals surface area contributed by atoms with E-state index < -0.39 is 34.1 Å². The molecular weight excluding hydrogens is 409 g/mol. The molecule has 6 nitrogen and oxygen atoms in total. The summed E-state index contributed by atoms with van der Waals surface area (Å²) in [6.07, 6.45) is -3.12. The van der Waals surface area contributed by atoms with Gasteiger partial charge in [-0.15, -0.1) is 13.2 Å². The van der Waals surface area contributed by atoms with Crippen LogP contribution in [0.1, 0.15) is 19.3 Å². The molecule has 1 saturated heterocycles. The fraction of sp³-hybridized carbons (Fsp3) is 0.316. The second-order valence-corrected chi connectivity index (χ2v) is 8.39. The Morgan fingerprint density at radius 3 is 2.31 bits per heavy atom. The first-order chi connectivity index (χ1) is 13.7. The minimum atomic E-state index is -4.81. The molecule has 1 atom stereocenters. The average Bonchev–Trinajstić information content (AvgIpc) is 2.69. The number of carbonyl (C=O) groups excluding carboxylic acids is 1. The fourth-order valence-electron chi connectivity index (χ4n) is 3.15. The van der Waals surface area contributed by atoms with Crippen LogP contribution in [0.4, 0.5) is 18.9 Å². The van der Waals surface area contributed by atoms with E-state index in [1.165, 1.54) is 28.6 Å². The van der Waals surface area contributed by atoms with Gasteiger partial charge in [-0.3, -0.25) is 4.79 Å². The first kappa shape index (κ1) is 21.1. The molecule has 1 aliphatic heterocycles. The number of hydrogen-bond acceptors (Lipinski definition) is 4. The van der Waals surface area contributed by atoms with Gasteiger partial charge in [-0.05, 0) is 49.2 Å². The lowest BCUT2D eigenvalue weighted by Crippen LogP contribution is -2.49. The van der Waals surface area contributed by atoms with Gasteiger partial charge in [0.05, 0.1) is 4.90 Å². The molecule has 0 spiro atoms. The number of rotatable bonds is 5. The lowest BCUT2D eigenvalue weighted by Gasteiger charge is -2.33. The fourth-order valence-corrected chi connectivity index (χ4v) is 4.83. The number of alkyl halides is 3. The highest BCUT2D eigenvalue weighted by atomic mass is 32.2.